The molecule has 110 valence electrons. The zero-order chi connectivity index (χ0) is 15.3. The number of anilines is 1. The van der Waals surface area contributed by atoms with Crippen molar-refractivity contribution in [3.63, 3.8) is 0 Å². The lowest BCUT2D eigenvalue weighted by atomic mass is 10.2. The van der Waals surface area contributed by atoms with Gasteiger partial charge in [0.05, 0.1) is 11.3 Å². The average molecular weight is 305 g/mol. The van der Waals surface area contributed by atoms with E-state index in [0.29, 0.717) is 0 Å². The van der Waals surface area contributed by atoms with Crippen molar-refractivity contribution in [1.29, 1.82) is 0 Å². The minimum atomic E-state index is -3.68. The van der Waals surface area contributed by atoms with Gasteiger partial charge in [-0.15, -0.1) is 0 Å². The third kappa shape index (κ3) is 5.20. The molecule has 0 heterocycles. The third-order valence-corrected chi connectivity index (χ3v) is 2.90. The lowest BCUT2D eigenvalue weighted by Crippen LogP contribution is -2.34. The zero-order valence-corrected chi connectivity index (χ0v) is 10.9. The molecule has 0 aliphatic carbocycles. The van der Waals surface area contributed by atoms with Crippen LogP contribution in [0.5, 0.6) is 0 Å². The summed E-state index contributed by atoms with van der Waals surface area (Å²) in [6.45, 7) is -0.208. The van der Waals surface area contributed by atoms with Gasteiger partial charge in [0.1, 0.15) is 5.82 Å². The van der Waals surface area contributed by atoms with Crippen LogP contribution in [0.3, 0.4) is 0 Å². The van der Waals surface area contributed by atoms with E-state index in [1.54, 1.807) is 0 Å². The molecule has 5 N–H and O–H groups in total. The Labute approximate surface area is 113 Å². The van der Waals surface area contributed by atoms with E-state index in [1.807, 2.05) is 0 Å². The van der Waals surface area contributed by atoms with Gasteiger partial charge >= 0.3 is 12.0 Å². The summed E-state index contributed by atoms with van der Waals surface area (Å²) >= 11 is 0. The summed E-state index contributed by atoms with van der Waals surface area (Å²) in [5.41, 5.74) is -0.495. The van der Waals surface area contributed by atoms with Gasteiger partial charge in [-0.2, -0.15) is 0 Å². The number of amides is 2. The van der Waals surface area contributed by atoms with Gasteiger partial charge in [0.2, 0.25) is 10.0 Å². The maximum absolute atomic E-state index is 13.3. The van der Waals surface area contributed by atoms with Crippen molar-refractivity contribution >= 4 is 27.7 Å². The standard InChI is InChI=1S/C10H12FN3O5S/c11-8-5-6(1-2-7(8)9(15)16)14-10(17)13-3-4-20(12,18)19/h1-2,5H,3-4H2,(H,15,16)(H2,12,18,19)(H2,13,14,17). The Bertz CT molecular complexity index is 632. The second-order valence-electron chi connectivity index (χ2n) is 3.75. The maximum atomic E-state index is 13.3. The lowest BCUT2D eigenvalue weighted by Gasteiger charge is -2.07. The van der Waals surface area contributed by atoms with E-state index < -0.39 is 39.2 Å². The van der Waals surface area contributed by atoms with E-state index in [2.05, 4.69) is 10.6 Å². The summed E-state index contributed by atoms with van der Waals surface area (Å²) in [6.07, 6.45) is 0. The number of aromatic carboxylic acids is 1. The van der Waals surface area contributed by atoms with Gasteiger partial charge < -0.3 is 15.7 Å². The van der Waals surface area contributed by atoms with Gasteiger partial charge in [-0.3, -0.25) is 0 Å². The number of carbonyl (C=O) groups is 2. The van der Waals surface area contributed by atoms with Gasteiger partial charge in [0.25, 0.3) is 0 Å². The summed E-state index contributed by atoms with van der Waals surface area (Å²) in [7, 11) is -3.68. The first-order chi connectivity index (χ1) is 9.19. The fourth-order valence-corrected chi connectivity index (χ4v) is 1.63. The molecule has 10 heteroatoms. The van der Waals surface area contributed by atoms with E-state index in [0.717, 1.165) is 12.1 Å². The van der Waals surface area contributed by atoms with Crippen molar-refractivity contribution in [3.05, 3.63) is 29.6 Å². The smallest absolute Gasteiger partial charge is 0.338 e. The maximum Gasteiger partial charge on any atom is 0.338 e. The van der Waals surface area contributed by atoms with Crippen LogP contribution in [0.1, 0.15) is 10.4 Å². The Balaban J connectivity index is 2.59. The summed E-state index contributed by atoms with van der Waals surface area (Å²) in [6, 6.07) is 2.27. The molecule has 0 saturated carbocycles. The normalized spacial score (nSPS) is 10.9. The van der Waals surface area contributed by atoms with Crippen LogP contribution in [-0.4, -0.2) is 37.8 Å². The number of carbonyl (C=O) groups excluding carboxylic acids is 1. The first-order valence-corrected chi connectivity index (χ1v) is 6.99. The Morgan fingerprint density at radius 1 is 1.35 bits per heavy atom. The molecule has 2 amide bonds. The van der Waals surface area contributed by atoms with Crippen LogP contribution in [0.4, 0.5) is 14.9 Å². The molecular formula is C10H12FN3O5S. The van der Waals surface area contributed by atoms with Crippen LogP contribution in [0, 0.1) is 5.82 Å². The van der Waals surface area contributed by atoms with Gasteiger partial charge in [-0.25, -0.2) is 27.5 Å². The molecule has 0 fully saturated rings. The summed E-state index contributed by atoms with van der Waals surface area (Å²) in [5, 5.41) is 17.8. The highest BCUT2D eigenvalue weighted by atomic mass is 32.2. The number of urea groups is 1. The van der Waals surface area contributed by atoms with Crippen LogP contribution in [0.2, 0.25) is 0 Å². The topological polar surface area (TPSA) is 139 Å². The molecule has 20 heavy (non-hydrogen) atoms. The van der Waals surface area contributed by atoms with E-state index >= 15 is 0 Å². The molecule has 0 aliphatic heterocycles. The highest BCUT2D eigenvalue weighted by Crippen LogP contribution is 2.14. The second-order valence-corrected chi connectivity index (χ2v) is 5.48. The fourth-order valence-electron chi connectivity index (χ4n) is 1.25. The molecule has 1 rings (SSSR count). The van der Waals surface area contributed by atoms with Crippen LogP contribution in [0.25, 0.3) is 0 Å². The van der Waals surface area contributed by atoms with Crippen molar-refractivity contribution in [1.82, 2.24) is 5.32 Å². The first kappa shape index (κ1) is 15.9. The molecule has 8 nitrogen and oxygen atoms in total. The number of rotatable bonds is 5. The molecule has 0 unspecified atom stereocenters. The van der Waals surface area contributed by atoms with Gasteiger partial charge in [-0.05, 0) is 18.2 Å². The summed E-state index contributed by atoms with van der Waals surface area (Å²) < 4.78 is 34.5. The number of benzene rings is 1. The molecule has 0 aliphatic rings. The van der Waals surface area contributed by atoms with Crippen molar-refractivity contribution in [2.45, 2.75) is 0 Å². The number of primary sulfonamides is 1. The van der Waals surface area contributed by atoms with Crippen LogP contribution in [0.15, 0.2) is 18.2 Å². The van der Waals surface area contributed by atoms with Crippen LogP contribution in [-0.2, 0) is 10.0 Å². The second kappa shape index (κ2) is 6.30. The number of hydrogen-bond acceptors (Lipinski definition) is 4. The van der Waals surface area contributed by atoms with Crippen molar-refractivity contribution < 1.29 is 27.5 Å². The van der Waals surface area contributed by atoms with E-state index in [4.69, 9.17) is 10.2 Å². The Hall–Kier alpha value is -2.20. The Morgan fingerprint density at radius 3 is 2.50 bits per heavy atom. The predicted octanol–water partition coefficient (Wildman–Crippen LogP) is -0.0661. The highest BCUT2D eigenvalue weighted by Gasteiger charge is 2.11. The molecule has 0 aromatic heterocycles. The predicted molar refractivity (Wildman–Crippen MR) is 68.4 cm³/mol. The first-order valence-electron chi connectivity index (χ1n) is 5.27. The number of sulfonamides is 1. The molecule has 0 spiro atoms. The van der Waals surface area contributed by atoms with Crippen LogP contribution < -0.4 is 15.8 Å². The van der Waals surface area contributed by atoms with Crippen molar-refractivity contribution in [3.8, 4) is 0 Å². The van der Waals surface area contributed by atoms with Crippen LogP contribution >= 0.6 is 0 Å². The van der Waals surface area contributed by atoms with Gasteiger partial charge in [0, 0.05) is 12.2 Å². The summed E-state index contributed by atoms with van der Waals surface area (Å²) in [5.74, 6) is -2.86. The van der Waals surface area contributed by atoms with Crippen molar-refractivity contribution in [2.75, 3.05) is 17.6 Å². The number of nitrogens with one attached hydrogen (secondary N) is 2. The third-order valence-electron chi connectivity index (χ3n) is 2.13. The van der Waals surface area contributed by atoms with Gasteiger partial charge in [-0.1, -0.05) is 0 Å². The molecule has 0 saturated heterocycles. The number of halogens is 1. The quantitative estimate of drug-likeness (QED) is 0.603. The largest absolute Gasteiger partial charge is 0.478 e. The number of carboxylic acid groups (broad SMARTS) is 1. The van der Waals surface area contributed by atoms with E-state index in [-0.39, 0.29) is 12.2 Å². The van der Waals surface area contributed by atoms with Crippen molar-refractivity contribution in [2.24, 2.45) is 5.14 Å². The SMILES string of the molecule is NS(=O)(=O)CCNC(=O)Nc1ccc(C(=O)O)c(F)c1. The molecule has 1 aromatic carbocycles. The van der Waals surface area contributed by atoms with E-state index in [1.165, 1.54) is 6.07 Å². The Morgan fingerprint density at radius 2 is 2.00 bits per heavy atom. The lowest BCUT2D eigenvalue weighted by molar-refractivity contribution is 0.0692. The Kier molecular flexibility index (Phi) is 5.00. The van der Waals surface area contributed by atoms with E-state index in [9.17, 15) is 22.4 Å². The number of hydrogen-bond donors (Lipinski definition) is 4. The molecule has 1 aromatic rings. The zero-order valence-electron chi connectivity index (χ0n) is 10.1. The molecular weight excluding hydrogens is 293 g/mol. The van der Waals surface area contributed by atoms with Gasteiger partial charge in [0.15, 0.2) is 0 Å². The monoisotopic (exact) mass is 305 g/mol. The molecule has 0 bridgehead atoms. The fraction of sp³-hybridized carbons (Fsp3) is 0.200. The minimum absolute atomic E-state index is 0.0283. The highest BCUT2D eigenvalue weighted by molar-refractivity contribution is 7.89. The number of nitrogens with two attached hydrogens (primary N) is 1. The summed E-state index contributed by atoms with van der Waals surface area (Å²) in [4.78, 5) is 21.9. The minimum Gasteiger partial charge on any atom is -0.478 e. The number of carboxylic acids is 1. The molecule has 0 atom stereocenters. The molecule has 0 radical (unpaired) electrons. The average Bonchev–Trinajstić information content (AvgIpc) is 2.26.